The average molecular weight is 467 g/mol. The number of carbonyl (C=O) groups is 1. The maximum atomic E-state index is 12.7. The van der Waals surface area contributed by atoms with E-state index in [4.69, 9.17) is 4.42 Å². The highest BCUT2D eigenvalue weighted by Crippen LogP contribution is 2.22. The van der Waals surface area contributed by atoms with Gasteiger partial charge in [-0.15, -0.1) is 0 Å². The second kappa shape index (κ2) is 8.36. The third kappa shape index (κ3) is 4.11. The smallest absolute Gasteiger partial charge is 0.287 e. The van der Waals surface area contributed by atoms with Crippen molar-refractivity contribution in [2.75, 3.05) is 0 Å². The Morgan fingerprint density at radius 2 is 1.93 bits per heavy atom. The van der Waals surface area contributed by atoms with Crippen LogP contribution >= 0.6 is 15.9 Å². The van der Waals surface area contributed by atoms with Crippen molar-refractivity contribution in [2.24, 2.45) is 0 Å². The van der Waals surface area contributed by atoms with E-state index in [1.165, 1.54) is 0 Å². The van der Waals surface area contributed by atoms with Crippen LogP contribution in [0, 0.1) is 13.8 Å². The van der Waals surface area contributed by atoms with E-state index >= 15 is 0 Å². The van der Waals surface area contributed by atoms with Gasteiger partial charge in [0, 0.05) is 18.1 Å². The van der Waals surface area contributed by atoms with Crippen molar-refractivity contribution < 1.29 is 9.21 Å². The van der Waals surface area contributed by atoms with Crippen LogP contribution in [0.1, 0.15) is 46.2 Å². The highest BCUT2D eigenvalue weighted by atomic mass is 79.9. The molecule has 4 aromatic rings. The lowest BCUT2D eigenvalue weighted by Gasteiger charge is -2.15. The van der Waals surface area contributed by atoms with Crippen LogP contribution < -0.4 is 5.32 Å². The quantitative estimate of drug-likeness (QED) is 0.425. The minimum absolute atomic E-state index is 0.159. The SMILES string of the molecule is Cc1nn(Cc2ccc(C(=O)NC(C)c3cccc(-n4cccc4)c3)o2)c(C)c1Br. The number of nitrogens with zero attached hydrogens (tertiary/aromatic N) is 3. The molecule has 30 heavy (non-hydrogen) atoms. The van der Waals surface area contributed by atoms with E-state index in [2.05, 4.69) is 32.4 Å². The number of carbonyl (C=O) groups excluding carboxylic acids is 1. The summed E-state index contributed by atoms with van der Waals surface area (Å²) in [6.07, 6.45) is 3.99. The highest BCUT2D eigenvalue weighted by molar-refractivity contribution is 9.10. The van der Waals surface area contributed by atoms with Gasteiger partial charge in [-0.2, -0.15) is 5.10 Å². The molecule has 0 spiro atoms. The second-order valence-corrected chi connectivity index (χ2v) is 8.08. The number of hydrogen-bond donors (Lipinski definition) is 1. The lowest BCUT2D eigenvalue weighted by Crippen LogP contribution is -2.26. The molecule has 0 fully saturated rings. The summed E-state index contributed by atoms with van der Waals surface area (Å²) in [6, 6.07) is 15.4. The van der Waals surface area contributed by atoms with E-state index in [9.17, 15) is 4.79 Å². The van der Waals surface area contributed by atoms with E-state index in [0.717, 1.165) is 27.1 Å². The molecule has 1 amide bonds. The van der Waals surface area contributed by atoms with E-state index in [0.29, 0.717) is 18.1 Å². The molecule has 0 aliphatic rings. The van der Waals surface area contributed by atoms with Crippen molar-refractivity contribution in [3.8, 4) is 5.69 Å². The van der Waals surface area contributed by atoms with Gasteiger partial charge >= 0.3 is 0 Å². The lowest BCUT2D eigenvalue weighted by atomic mass is 10.1. The van der Waals surface area contributed by atoms with Gasteiger partial charge < -0.3 is 14.3 Å². The summed E-state index contributed by atoms with van der Waals surface area (Å²) in [5, 5.41) is 7.50. The number of aryl methyl sites for hydroxylation is 1. The van der Waals surface area contributed by atoms with Gasteiger partial charge in [0.2, 0.25) is 0 Å². The Kier molecular flexibility index (Phi) is 5.63. The van der Waals surface area contributed by atoms with E-state index < -0.39 is 0 Å². The molecule has 0 bridgehead atoms. The number of halogens is 1. The molecule has 154 valence electrons. The molecule has 4 rings (SSSR count). The van der Waals surface area contributed by atoms with Crippen LogP contribution in [0.5, 0.6) is 0 Å². The Labute approximate surface area is 183 Å². The first-order valence-corrected chi connectivity index (χ1v) is 10.5. The van der Waals surface area contributed by atoms with Crippen LogP contribution in [0.3, 0.4) is 0 Å². The molecule has 0 aliphatic heterocycles. The van der Waals surface area contributed by atoms with Gasteiger partial charge in [0.1, 0.15) is 5.76 Å². The number of aromatic nitrogens is 3. The summed E-state index contributed by atoms with van der Waals surface area (Å²) < 4.78 is 10.7. The van der Waals surface area contributed by atoms with Crippen LogP contribution in [0.2, 0.25) is 0 Å². The maximum Gasteiger partial charge on any atom is 0.287 e. The fraction of sp³-hybridized carbons (Fsp3) is 0.217. The molecule has 6 nitrogen and oxygen atoms in total. The Morgan fingerprint density at radius 3 is 2.63 bits per heavy atom. The summed E-state index contributed by atoms with van der Waals surface area (Å²) in [7, 11) is 0. The first-order chi connectivity index (χ1) is 14.4. The van der Waals surface area contributed by atoms with Crippen molar-refractivity contribution in [2.45, 2.75) is 33.4 Å². The van der Waals surface area contributed by atoms with Crippen LogP contribution in [-0.2, 0) is 6.54 Å². The Hall–Kier alpha value is -3.06. The largest absolute Gasteiger partial charge is 0.454 e. The topological polar surface area (TPSA) is 65.0 Å². The van der Waals surface area contributed by atoms with Crippen molar-refractivity contribution >= 4 is 21.8 Å². The van der Waals surface area contributed by atoms with Gasteiger partial charge in [-0.25, -0.2) is 0 Å². The molecular weight excluding hydrogens is 444 g/mol. The number of amides is 1. The summed E-state index contributed by atoms with van der Waals surface area (Å²) >= 11 is 3.53. The predicted octanol–water partition coefficient (Wildman–Crippen LogP) is 5.19. The normalized spacial score (nSPS) is 12.1. The van der Waals surface area contributed by atoms with Crippen LogP contribution in [0.25, 0.3) is 5.69 Å². The van der Waals surface area contributed by atoms with Gasteiger partial charge in [-0.05, 0) is 78.7 Å². The summed E-state index contributed by atoms with van der Waals surface area (Å²) in [6.45, 7) is 6.37. The van der Waals surface area contributed by atoms with Crippen LogP contribution in [0.4, 0.5) is 0 Å². The van der Waals surface area contributed by atoms with Gasteiger partial charge in [0.15, 0.2) is 5.76 Å². The molecule has 1 atom stereocenters. The molecule has 1 unspecified atom stereocenters. The third-order valence-electron chi connectivity index (χ3n) is 5.10. The van der Waals surface area contributed by atoms with Crippen molar-refractivity contribution in [1.29, 1.82) is 0 Å². The summed E-state index contributed by atoms with van der Waals surface area (Å²) in [5.41, 5.74) is 4.02. The maximum absolute atomic E-state index is 12.7. The van der Waals surface area contributed by atoms with Gasteiger partial charge in [0.25, 0.3) is 5.91 Å². The minimum atomic E-state index is -0.241. The number of hydrogen-bond acceptors (Lipinski definition) is 3. The average Bonchev–Trinajstić information content (AvgIpc) is 3.48. The van der Waals surface area contributed by atoms with Crippen molar-refractivity contribution in [3.05, 3.63) is 93.9 Å². The monoisotopic (exact) mass is 466 g/mol. The van der Waals surface area contributed by atoms with Crippen molar-refractivity contribution in [1.82, 2.24) is 19.7 Å². The van der Waals surface area contributed by atoms with E-state index in [1.807, 2.05) is 78.8 Å². The Bertz CT molecular complexity index is 1170. The predicted molar refractivity (Wildman–Crippen MR) is 119 cm³/mol. The van der Waals surface area contributed by atoms with Gasteiger partial charge in [-0.1, -0.05) is 12.1 Å². The fourth-order valence-corrected chi connectivity index (χ4v) is 3.66. The molecule has 1 N–H and O–H groups in total. The van der Waals surface area contributed by atoms with Crippen molar-refractivity contribution in [3.63, 3.8) is 0 Å². The zero-order chi connectivity index (χ0) is 21.3. The van der Waals surface area contributed by atoms with Gasteiger partial charge in [-0.3, -0.25) is 9.48 Å². The molecule has 3 heterocycles. The highest BCUT2D eigenvalue weighted by Gasteiger charge is 2.17. The molecule has 0 aliphatic carbocycles. The molecule has 0 saturated heterocycles. The van der Waals surface area contributed by atoms with Gasteiger partial charge in [0.05, 0.1) is 28.4 Å². The van der Waals surface area contributed by atoms with Crippen LogP contribution in [0.15, 0.2) is 69.8 Å². The van der Waals surface area contributed by atoms with E-state index in [1.54, 1.807) is 6.07 Å². The zero-order valence-electron chi connectivity index (χ0n) is 17.1. The molecule has 7 heteroatoms. The molecule has 1 aromatic carbocycles. The molecule has 0 radical (unpaired) electrons. The molecule has 3 aromatic heterocycles. The lowest BCUT2D eigenvalue weighted by molar-refractivity contribution is 0.0909. The first-order valence-electron chi connectivity index (χ1n) is 9.75. The summed E-state index contributed by atoms with van der Waals surface area (Å²) in [4.78, 5) is 12.7. The number of furan rings is 1. The summed E-state index contributed by atoms with van der Waals surface area (Å²) in [5.74, 6) is 0.731. The van der Waals surface area contributed by atoms with E-state index in [-0.39, 0.29) is 11.9 Å². The Morgan fingerprint density at radius 1 is 1.17 bits per heavy atom. The molecular formula is C23H23BrN4O2. The zero-order valence-corrected chi connectivity index (χ0v) is 18.7. The number of rotatable bonds is 6. The number of benzene rings is 1. The molecule has 0 saturated carbocycles. The third-order valence-corrected chi connectivity index (χ3v) is 6.25. The number of nitrogens with one attached hydrogen (secondary N) is 1. The fourth-order valence-electron chi connectivity index (χ4n) is 3.37. The minimum Gasteiger partial charge on any atom is -0.454 e. The van der Waals surface area contributed by atoms with Crippen LogP contribution in [-0.4, -0.2) is 20.3 Å². The first kappa shape index (κ1) is 20.2. The second-order valence-electron chi connectivity index (χ2n) is 7.29. The Balaban J connectivity index is 1.44. The standard InChI is InChI=1S/C23H23BrN4O2/c1-15(18-7-6-8-19(13-18)27-11-4-5-12-27)25-23(29)21-10-9-20(30-21)14-28-17(3)22(24)16(2)26-28/h4-13,15H,14H2,1-3H3,(H,25,29).